The molecule has 0 heterocycles. The normalized spacial score (nSPS) is 10.9. The van der Waals surface area contributed by atoms with Gasteiger partial charge in [-0.3, -0.25) is 0 Å². The Hall–Kier alpha value is -2.54. The molecule has 0 radical (unpaired) electrons. The van der Waals surface area contributed by atoms with Crippen LogP contribution in [-0.2, 0) is 6.18 Å². The molecule has 20 heavy (non-hydrogen) atoms. The van der Waals surface area contributed by atoms with Crippen LogP contribution in [-0.4, -0.2) is 0 Å². The molecule has 1 nitrogen and oxygen atoms in total. The molecule has 4 heteroatoms. The summed E-state index contributed by atoms with van der Waals surface area (Å²) in [6, 6.07) is 12.1. The minimum atomic E-state index is -4.48. The maximum absolute atomic E-state index is 12.9. The molecule has 2 rings (SSSR count). The second-order valence-corrected chi connectivity index (χ2v) is 4.20. The van der Waals surface area contributed by atoms with E-state index in [0.717, 1.165) is 17.7 Å². The van der Waals surface area contributed by atoms with Crippen molar-refractivity contribution < 1.29 is 13.2 Å². The predicted octanol–water partition coefficient (Wildman–Crippen LogP) is 4.89. The first-order valence-corrected chi connectivity index (χ1v) is 5.80. The summed E-state index contributed by atoms with van der Waals surface area (Å²) >= 11 is 0. The first-order valence-electron chi connectivity index (χ1n) is 5.80. The molecule has 0 fully saturated rings. The number of rotatable bonds is 2. The Balaban J connectivity index is 2.69. The highest BCUT2D eigenvalue weighted by Gasteiger charge is 2.31. The van der Waals surface area contributed by atoms with Gasteiger partial charge >= 0.3 is 6.18 Å². The van der Waals surface area contributed by atoms with Gasteiger partial charge in [-0.25, -0.2) is 0 Å². The van der Waals surface area contributed by atoms with Crippen LogP contribution in [0, 0.1) is 11.3 Å². The van der Waals surface area contributed by atoms with Gasteiger partial charge in [0.25, 0.3) is 0 Å². The standard InChI is InChI=1S/C16H10F3N/c1-2-12-5-3-4-6-15(12)13-7-11(10-20)8-14(9-13)16(17,18)19/h2-9H,1H2. The van der Waals surface area contributed by atoms with Crippen LogP contribution in [0.25, 0.3) is 17.2 Å². The molecule has 0 saturated carbocycles. The molecule has 0 aliphatic heterocycles. The molecule has 0 amide bonds. The van der Waals surface area contributed by atoms with Crippen molar-refractivity contribution in [2.75, 3.05) is 0 Å². The Morgan fingerprint density at radius 2 is 1.80 bits per heavy atom. The summed E-state index contributed by atoms with van der Waals surface area (Å²) in [6.45, 7) is 3.64. The fraction of sp³-hybridized carbons (Fsp3) is 0.0625. The van der Waals surface area contributed by atoms with Crippen molar-refractivity contribution in [3.05, 3.63) is 65.7 Å². The summed E-state index contributed by atoms with van der Waals surface area (Å²) in [5, 5.41) is 8.89. The van der Waals surface area contributed by atoms with Crippen LogP contribution in [0.2, 0.25) is 0 Å². The molecule has 0 N–H and O–H groups in total. The summed E-state index contributed by atoms with van der Waals surface area (Å²) in [5.41, 5.74) is 0.840. The summed E-state index contributed by atoms with van der Waals surface area (Å²) < 4.78 is 38.6. The van der Waals surface area contributed by atoms with E-state index < -0.39 is 11.7 Å². The highest BCUT2D eigenvalue weighted by Crippen LogP contribution is 2.34. The van der Waals surface area contributed by atoms with Gasteiger partial charge in [-0.15, -0.1) is 0 Å². The monoisotopic (exact) mass is 273 g/mol. The quantitative estimate of drug-likeness (QED) is 0.764. The Morgan fingerprint density at radius 1 is 1.10 bits per heavy atom. The molecule has 2 aromatic carbocycles. The maximum atomic E-state index is 12.9. The molecular weight excluding hydrogens is 263 g/mol. The average molecular weight is 273 g/mol. The molecular formula is C16H10F3N. The Bertz CT molecular complexity index is 694. The number of hydrogen-bond donors (Lipinski definition) is 0. The SMILES string of the molecule is C=Cc1ccccc1-c1cc(C#N)cc(C(F)(F)F)c1. The molecule has 0 unspecified atom stereocenters. The van der Waals surface area contributed by atoms with Crippen molar-refractivity contribution in [1.82, 2.24) is 0 Å². The van der Waals surface area contributed by atoms with Gasteiger partial charge in [0.1, 0.15) is 0 Å². The number of nitriles is 1. The van der Waals surface area contributed by atoms with E-state index in [1.807, 2.05) is 0 Å². The van der Waals surface area contributed by atoms with Crippen molar-refractivity contribution in [2.24, 2.45) is 0 Å². The third kappa shape index (κ3) is 2.72. The zero-order valence-electron chi connectivity index (χ0n) is 10.4. The average Bonchev–Trinajstić information content (AvgIpc) is 2.45. The largest absolute Gasteiger partial charge is 0.416 e. The van der Waals surface area contributed by atoms with Crippen molar-refractivity contribution >= 4 is 6.08 Å². The lowest BCUT2D eigenvalue weighted by Gasteiger charge is -2.11. The highest BCUT2D eigenvalue weighted by atomic mass is 19.4. The Kier molecular flexibility index (Phi) is 3.62. The van der Waals surface area contributed by atoms with Gasteiger partial charge in [0.15, 0.2) is 0 Å². The minimum absolute atomic E-state index is 0.0197. The number of benzene rings is 2. The van der Waals surface area contributed by atoms with Crippen LogP contribution in [0.4, 0.5) is 13.2 Å². The lowest BCUT2D eigenvalue weighted by molar-refractivity contribution is -0.137. The van der Waals surface area contributed by atoms with Crippen LogP contribution in [0.1, 0.15) is 16.7 Å². The van der Waals surface area contributed by atoms with Gasteiger partial charge in [-0.2, -0.15) is 18.4 Å². The van der Waals surface area contributed by atoms with E-state index in [1.54, 1.807) is 36.4 Å². The summed E-state index contributed by atoms with van der Waals surface area (Å²) in [5.74, 6) is 0. The molecule has 100 valence electrons. The molecule has 0 aliphatic carbocycles. The van der Waals surface area contributed by atoms with Gasteiger partial charge in [-0.1, -0.05) is 36.9 Å². The van der Waals surface area contributed by atoms with E-state index in [9.17, 15) is 13.2 Å². The van der Waals surface area contributed by atoms with Gasteiger partial charge in [-0.05, 0) is 34.9 Å². The summed E-state index contributed by atoms with van der Waals surface area (Å²) in [6.07, 6.45) is -2.91. The fourth-order valence-electron chi connectivity index (χ4n) is 1.95. The second kappa shape index (κ2) is 5.22. The zero-order valence-corrected chi connectivity index (χ0v) is 10.4. The minimum Gasteiger partial charge on any atom is -0.192 e. The number of nitrogens with zero attached hydrogens (tertiary/aromatic N) is 1. The molecule has 2 aromatic rings. The zero-order chi connectivity index (χ0) is 14.8. The Labute approximate surface area is 114 Å². The molecule has 0 atom stereocenters. The van der Waals surface area contributed by atoms with Crippen molar-refractivity contribution in [3.8, 4) is 17.2 Å². The third-order valence-corrected chi connectivity index (χ3v) is 2.88. The van der Waals surface area contributed by atoms with Gasteiger partial charge in [0.05, 0.1) is 17.2 Å². The molecule has 0 spiro atoms. The molecule has 0 bridgehead atoms. The number of alkyl halides is 3. The second-order valence-electron chi connectivity index (χ2n) is 4.20. The summed E-state index contributed by atoms with van der Waals surface area (Å²) in [7, 11) is 0. The van der Waals surface area contributed by atoms with Crippen molar-refractivity contribution in [1.29, 1.82) is 5.26 Å². The van der Waals surface area contributed by atoms with E-state index in [0.29, 0.717) is 11.1 Å². The topological polar surface area (TPSA) is 23.8 Å². The van der Waals surface area contributed by atoms with E-state index in [4.69, 9.17) is 5.26 Å². The molecule has 0 aromatic heterocycles. The van der Waals surface area contributed by atoms with Crippen molar-refractivity contribution in [3.63, 3.8) is 0 Å². The molecule has 0 saturated heterocycles. The van der Waals surface area contributed by atoms with Crippen molar-refractivity contribution in [2.45, 2.75) is 6.18 Å². The van der Waals surface area contributed by atoms with E-state index in [2.05, 4.69) is 6.58 Å². The molecule has 0 aliphatic rings. The van der Waals surface area contributed by atoms with Gasteiger partial charge < -0.3 is 0 Å². The van der Waals surface area contributed by atoms with Gasteiger partial charge in [0.2, 0.25) is 0 Å². The number of halogens is 3. The lowest BCUT2D eigenvalue weighted by Crippen LogP contribution is -2.05. The fourth-order valence-corrected chi connectivity index (χ4v) is 1.95. The summed E-state index contributed by atoms with van der Waals surface area (Å²) in [4.78, 5) is 0. The smallest absolute Gasteiger partial charge is 0.192 e. The first kappa shape index (κ1) is 13.9. The van der Waals surface area contributed by atoms with Crippen LogP contribution in [0.15, 0.2) is 49.0 Å². The van der Waals surface area contributed by atoms with E-state index >= 15 is 0 Å². The predicted molar refractivity (Wildman–Crippen MR) is 71.7 cm³/mol. The highest BCUT2D eigenvalue weighted by molar-refractivity contribution is 5.76. The van der Waals surface area contributed by atoms with E-state index in [-0.39, 0.29) is 5.56 Å². The lowest BCUT2D eigenvalue weighted by atomic mass is 9.96. The first-order chi connectivity index (χ1) is 9.45. The van der Waals surface area contributed by atoms with Gasteiger partial charge in [0, 0.05) is 0 Å². The Morgan fingerprint density at radius 3 is 2.40 bits per heavy atom. The maximum Gasteiger partial charge on any atom is 0.416 e. The van der Waals surface area contributed by atoms with E-state index in [1.165, 1.54) is 6.07 Å². The van der Waals surface area contributed by atoms with Crippen LogP contribution >= 0.6 is 0 Å². The third-order valence-electron chi connectivity index (χ3n) is 2.88. The van der Waals surface area contributed by atoms with Crippen LogP contribution in [0.5, 0.6) is 0 Å². The number of hydrogen-bond acceptors (Lipinski definition) is 1. The van der Waals surface area contributed by atoms with Crippen LogP contribution in [0.3, 0.4) is 0 Å². The van der Waals surface area contributed by atoms with Crippen LogP contribution < -0.4 is 0 Å².